The first-order valence-electron chi connectivity index (χ1n) is 13.4. The number of aliphatic carboxylic acids is 2. The van der Waals surface area contributed by atoms with Crippen molar-refractivity contribution in [3.63, 3.8) is 0 Å². The normalized spacial score (nSPS) is 13.8. The van der Waals surface area contributed by atoms with E-state index in [9.17, 15) is 39.3 Å². The van der Waals surface area contributed by atoms with Gasteiger partial charge in [0, 0.05) is 29.9 Å². The van der Waals surface area contributed by atoms with Gasteiger partial charge in [-0.15, -0.1) is 0 Å². The van der Waals surface area contributed by atoms with Crippen LogP contribution in [0.5, 0.6) is 5.75 Å². The highest BCUT2D eigenvalue weighted by molar-refractivity contribution is 7.98. The molecule has 0 saturated heterocycles. The number of carbonyl (C=O) groups excluding carboxylic acids is 3. The number of carbonyl (C=O) groups is 5. The smallest absolute Gasteiger partial charge is 0.326 e. The van der Waals surface area contributed by atoms with E-state index in [1.165, 1.54) is 23.9 Å². The van der Waals surface area contributed by atoms with Crippen molar-refractivity contribution in [2.24, 2.45) is 5.73 Å². The molecule has 43 heavy (non-hydrogen) atoms. The van der Waals surface area contributed by atoms with Crippen LogP contribution in [0.1, 0.15) is 24.0 Å². The Balaban J connectivity index is 1.78. The van der Waals surface area contributed by atoms with Crippen LogP contribution < -0.4 is 21.7 Å². The summed E-state index contributed by atoms with van der Waals surface area (Å²) in [5, 5.41) is 36.9. The third kappa shape index (κ3) is 9.75. The number of H-pyrrole nitrogens is 1. The number of phenols is 1. The lowest BCUT2D eigenvalue weighted by atomic mass is 10.0. The van der Waals surface area contributed by atoms with Gasteiger partial charge in [0.25, 0.3) is 0 Å². The third-order valence-electron chi connectivity index (χ3n) is 6.70. The first-order chi connectivity index (χ1) is 20.5. The summed E-state index contributed by atoms with van der Waals surface area (Å²) in [7, 11) is 0. The maximum atomic E-state index is 13.4. The molecule has 1 aromatic heterocycles. The highest BCUT2D eigenvalue weighted by atomic mass is 32.2. The van der Waals surface area contributed by atoms with E-state index >= 15 is 0 Å². The molecule has 1 heterocycles. The van der Waals surface area contributed by atoms with Crippen LogP contribution in [-0.2, 0) is 36.8 Å². The van der Waals surface area contributed by atoms with E-state index < -0.39 is 60.2 Å². The molecule has 9 N–H and O–H groups in total. The highest BCUT2D eigenvalue weighted by Gasteiger charge is 2.32. The fourth-order valence-electron chi connectivity index (χ4n) is 4.38. The molecule has 14 heteroatoms. The molecule has 0 saturated carbocycles. The molecular weight excluding hydrogens is 578 g/mol. The first-order valence-corrected chi connectivity index (χ1v) is 14.8. The lowest BCUT2D eigenvalue weighted by Gasteiger charge is -2.25. The number of carboxylic acid groups (broad SMARTS) is 2. The Labute approximate surface area is 251 Å². The van der Waals surface area contributed by atoms with Crippen LogP contribution >= 0.6 is 11.8 Å². The summed E-state index contributed by atoms with van der Waals surface area (Å²) in [6, 6.07) is 7.83. The molecule has 0 aliphatic carbocycles. The second-order valence-corrected chi connectivity index (χ2v) is 10.9. The number of hydrogen-bond donors (Lipinski definition) is 8. The zero-order valence-electron chi connectivity index (χ0n) is 23.4. The highest BCUT2D eigenvalue weighted by Crippen LogP contribution is 2.19. The topological polar surface area (TPSA) is 224 Å². The number of nitrogens with one attached hydrogen (secondary N) is 4. The Morgan fingerprint density at radius 3 is 2.14 bits per heavy atom. The molecule has 230 valence electrons. The van der Waals surface area contributed by atoms with Crippen molar-refractivity contribution >= 4 is 52.3 Å². The van der Waals surface area contributed by atoms with Crippen molar-refractivity contribution in [1.29, 1.82) is 0 Å². The summed E-state index contributed by atoms with van der Waals surface area (Å²) < 4.78 is 0. The number of aromatic nitrogens is 1. The zero-order valence-corrected chi connectivity index (χ0v) is 24.2. The summed E-state index contributed by atoms with van der Waals surface area (Å²) in [6.07, 6.45) is 2.82. The minimum Gasteiger partial charge on any atom is -0.508 e. The minimum absolute atomic E-state index is 0.00769. The number of carboxylic acids is 2. The predicted octanol–water partition coefficient (Wildman–Crippen LogP) is 0.753. The van der Waals surface area contributed by atoms with Gasteiger partial charge in [-0.1, -0.05) is 30.3 Å². The van der Waals surface area contributed by atoms with Crippen LogP contribution in [0, 0.1) is 0 Å². The number of thioether (sulfide) groups is 1. The quantitative estimate of drug-likeness (QED) is 0.113. The summed E-state index contributed by atoms with van der Waals surface area (Å²) in [5.74, 6) is -4.67. The van der Waals surface area contributed by atoms with E-state index in [1.54, 1.807) is 30.5 Å². The fraction of sp³-hybridized carbons (Fsp3) is 0.345. The molecule has 4 atom stereocenters. The van der Waals surface area contributed by atoms with Crippen molar-refractivity contribution < 1.29 is 39.3 Å². The first kappa shape index (κ1) is 32.9. The molecular formula is C29H35N5O8S. The molecule has 3 aromatic rings. The number of phenolic OH excluding ortho intramolecular Hbond substituents is 1. The average Bonchev–Trinajstić information content (AvgIpc) is 3.38. The van der Waals surface area contributed by atoms with E-state index in [0.29, 0.717) is 23.3 Å². The van der Waals surface area contributed by atoms with Gasteiger partial charge < -0.3 is 42.0 Å². The average molecular weight is 614 g/mol. The van der Waals surface area contributed by atoms with E-state index in [2.05, 4.69) is 20.9 Å². The molecule has 0 aliphatic heterocycles. The molecule has 0 aliphatic rings. The van der Waals surface area contributed by atoms with Gasteiger partial charge >= 0.3 is 11.9 Å². The fourth-order valence-corrected chi connectivity index (χ4v) is 4.87. The van der Waals surface area contributed by atoms with Gasteiger partial charge in [-0.2, -0.15) is 11.8 Å². The van der Waals surface area contributed by atoms with E-state index in [0.717, 1.165) is 10.9 Å². The number of hydrogen-bond acceptors (Lipinski definition) is 8. The largest absolute Gasteiger partial charge is 0.508 e. The van der Waals surface area contributed by atoms with E-state index in [1.807, 2.05) is 18.4 Å². The summed E-state index contributed by atoms with van der Waals surface area (Å²) >= 11 is 1.50. The Bertz CT molecular complexity index is 1440. The van der Waals surface area contributed by atoms with Crippen LogP contribution in [0.25, 0.3) is 10.9 Å². The molecule has 0 bridgehead atoms. The lowest BCUT2D eigenvalue weighted by molar-refractivity contribution is -0.143. The van der Waals surface area contributed by atoms with Crippen molar-refractivity contribution in [3.8, 4) is 5.75 Å². The third-order valence-corrected chi connectivity index (χ3v) is 7.35. The number of aromatic amines is 1. The maximum Gasteiger partial charge on any atom is 0.326 e. The van der Waals surface area contributed by atoms with Gasteiger partial charge in [-0.25, -0.2) is 4.79 Å². The van der Waals surface area contributed by atoms with Crippen LogP contribution in [0.3, 0.4) is 0 Å². The Morgan fingerprint density at radius 2 is 1.49 bits per heavy atom. The molecule has 0 spiro atoms. The molecule has 3 amide bonds. The summed E-state index contributed by atoms with van der Waals surface area (Å²) in [5.41, 5.74) is 7.92. The predicted molar refractivity (Wildman–Crippen MR) is 160 cm³/mol. The van der Waals surface area contributed by atoms with E-state index in [-0.39, 0.29) is 18.6 Å². The Kier molecular flexibility index (Phi) is 12.0. The number of fused-ring (bicyclic) bond motifs is 1. The van der Waals surface area contributed by atoms with Gasteiger partial charge in [0.05, 0.1) is 12.5 Å². The number of rotatable bonds is 16. The molecule has 3 rings (SSSR count). The molecule has 2 aromatic carbocycles. The maximum absolute atomic E-state index is 13.4. The van der Waals surface area contributed by atoms with Crippen LogP contribution in [0.4, 0.5) is 0 Å². The number of amides is 3. The lowest BCUT2D eigenvalue weighted by Crippen LogP contribution is -2.58. The Morgan fingerprint density at radius 1 is 0.860 bits per heavy atom. The minimum atomic E-state index is -1.65. The van der Waals surface area contributed by atoms with Crippen molar-refractivity contribution in [2.75, 3.05) is 12.0 Å². The molecule has 0 fully saturated rings. The van der Waals surface area contributed by atoms with Gasteiger partial charge in [0.2, 0.25) is 17.7 Å². The second-order valence-electron chi connectivity index (χ2n) is 9.94. The molecule has 0 radical (unpaired) electrons. The van der Waals surface area contributed by atoms with Crippen LogP contribution in [0.2, 0.25) is 0 Å². The van der Waals surface area contributed by atoms with E-state index in [4.69, 9.17) is 5.73 Å². The Hall–Kier alpha value is -4.56. The number of benzene rings is 2. The summed E-state index contributed by atoms with van der Waals surface area (Å²) in [4.78, 5) is 66.0. The zero-order chi connectivity index (χ0) is 31.5. The SMILES string of the molecule is CSCCC(N)C(=O)NC(Cc1ccc(O)cc1)C(=O)NC(CC(=O)O)C(=O)NC(Cc1c[nH]c2ccccc12)C(=O)O. The number of aromatic hydroxyl groups is 1. The monoisotopic (exact) mass is 613 g/mol. The number of para-hydroxylation sites is 1. The van der Waals surface area contributed by atoms with Gasteiger partial charge in [0.1, 0.15) is 23.9 Å². The van der Waals surface area contributed by atoms with Gasteiger partial charge in [-0.3, -0.25) is 19.2 Å². The van der Waals surface area contributed by atoms with Crippen molar-refractivity contribution in [3.05, 3.63) is 65.9 Å². The molecule has 4 unspecified atom stereocenters. The standard InChI is InChI=1S/C29H35N5O8S/c1-43-11-10-20(30)26(38)32-22(12-16-6-8-18(35)9-7-16)27(39)33-23(14-25(36)37)28(40)34-24(29(41)42)13-17-15-31-21-5-3-2-4-19(17)21/h2-9,15,20,22-24,31,35H,10-14,30H2,1H3,(H,32,38)(H,33,39)(H,34,40)(H,36,37)(H,41,42). The van der Waals surface area contributed by atoms with Crippen LogP contribution in [0.15, 0.2) is 54.7 Å². The van der Waals surface area contributed by atoms with Crippen LogP contribution in [-0.4, -0.2) is 86.1 Å². The van der Waals surface area contributed by atoms with Gasteiger partial charge in [0.15, 0.2) is 0 Å². The van der Waals surface area contributed by atoms with Crippen molar-refractivity contribution in [1.82, 2.24) is 20.9 Å². The second kappa shape index (κ2) is 15.6. The molecule has 13 nitrogen and oxygen atoms in total. The summed E-state index contributed by atoms with van der Waals surface area (Å²) in [6.45, 7) is 0. The van der Waals surface area contributed by atoms with Crippen molar-refractivity contribution in [2.45, 2.75) is 49.9 Å². The number of nitrogens with two attached hydrogens (primary N) is 1. The van der Waals surface area contributed by atoms with Gasteiger partial charge in [-0.05, 0) is 47.8 Å².